The fraction of sp³-hybridized carbons (Fsp3) is 1.00. The molecular formula is C7H16N2O. The van der Waals surface area contributed by atoms with Gasteiger partial charge in [-0.15, -0.1) is 0 Å². The van der Waals surface area contributed by atoms with E-state index in [1.165, 1.54) is 0 Å². The average molecular weight is 144 g/mol. The lowest BCUT2D eigenvalue weighted by molar-refractivity contribution is -0.0777. The molecule has 0 spiro atoms. The summed E-state index contributed by atoms with van der Waals surface area (Å²) in [4.78, 5) is 0. The van der Waals surface area contributed by atoms with E-state index in [0.29, 0.717) is 0 Å². The summed E-state index contributed by atoms with van der Waals surface area (Å²) in [5.41, 5.74) is -0.0764. The second-order valence-electron chi connectivity index (χ2n) is 3.13. The Morgan fingerprint density at radius 2 is 2.30 bits per heavy atom. The van der Waals surface area contributed by atoms with Gasteiger partial charge in [0.15, 0.2) is 0 Å². The van der Waals surface area contributed by atoms with Crippen molar-refractivity contribution in [2.45, 2.75) is 25.6 Å². The van der Waals surface area contributed by atoms with Crippen molar-refractivity contribution in [1.29, 1.82) is 0 Å². The van der Waals surface area contributed by atoms with Crippen molar-refractivity contribution in [2.75, 3.05) is 20.2 Å². The van der Waals surface area contributed by atoms with E-state index in [4.69, 9.17) is 4.74 Å². The number of hydrogen-bond acceptors (Lipinski definition) is 3. The number of morpholine rings is 1. The fourth-order valence-electron chi connectivity index (χ4n) is 1.30. The molecule has 60 valence electrons. The highest BCUT2D eigenvalue weighted by Crippen LogP contribution is 2.15. The third-order valence-corrected chi connectivity index (χ3v) is 1.91. The molecule has 1 unspecified atom stereocenters. The van der Waals surface area contributed by atoms with Gasteiger partial charge in [0.25, 0.3) is 0 Å². The maximum absolute atomic E-state index is 5.54. The van der Waals surface area contributed by atoms with E-state index in [1.54, 1.807) is 0 Å². The Labute approximate surface area is 62.1 Å². The molecule has 3 nitrogen and oxygen atoms in total. The molecule has 3 heteroatoms. The van der Waals surface area contributed by atoms with Gasteiger partial charge in [0.2, 0.25) is 0 Å². The first-order valence-electron chi connectivity index (χ1n) is 3.71. The van der Waals surface area contributed by atoms with E-state index in [1.807, 2.05) is 7.05 Å². The van der Waals surface area contributed by atoms with Gasteiger partial charge in [0.1, 0.15) is 0 Å². The van der Waals surface area contributed by atoms with Crippen LogP contribution >= 0.6 is 0 Å². The van der Waals surface area contributed by atoms with Crippen LogP contribution in [0.4, 0.5) is 0 Å². The molecule has 1 atom stereocenters. The van der Waals surface area contributed by atoms with Crippen LogP contribution in [0.1, 0.15) is 13.8 Å². The Balaban J connectivity index is 2.51. The number of nitrogens with one attached hydrogen (secondary N) is 2. The minimum atomic E-state index is -0.0764. The Kier molecular flexibility index (Phi) is 2.28. The first kappa shape index (κ1) is 7.98. The topological polar surface area (TPSA) is 33.3 Å². The molecule has 1 rings (SSSR count). The molecule has 10 heavy (non-hydrogen) atoms. The van der Waals surface area contributed by atoms with Crippen molar-refractivity contribution in [2.24, 2.45) is 0 Å². The first-order chi connectivity index (χ1) is 4.67. The van der Waals surface area contributed by atoms with Crippen molar-refractivity contribution in [3.8, 4) is 0 Å². The highest BCUT2D eigenvalue weighted by atomic mass is 16.5. The standard InChI is InChI=1S/C7H16N2O/c1-7(2)6(8-3)9-4-5-10-7/h6,8-9H,4-5H2,1-3H3. The molecule has 0 amide bonds. The molecule has 1 aliphatic rings. The Morgan fingerprint density at radius 1 is 1.60 bits per heavy atom. The summed E-state index contributed by atoms with van der Waals surface area (Å²) in [6.45, 7) is 5.92. The van der Waals surface area contributed by atoms with Crippen LogP contribution in [0, 0.1) is 0 Å². The van der Waals surface area contributed by atoms with Crippen molar-refractivity contribution in [3.05, 3.63) is 0 Å². The largest absolute Gasteiger partial charge is 0.371 e. The average Bonchev–Trinajstić information content (AvgIpc) is 1.87. The van der Waals surface area contributed by atoms with Crippen LogP contribution in [-0.4, -0.2) is 32.0 Å². The summed E-state index contributed by atoms with van der Waals surface area (Å²) >= 11 is 0. The van der Waals surface area contributed by atoms with Gasteiger partial charge in [-0.2, -0.15) is 0 Å². The second kappa shape index (κ2) is 2.86. The van der Waals surface area contributed by atoms with Crippen LogP contribution in [0.15, 0.2) is 0 Å². The third-order valence-electron chi connectivity index (χ3n) is 1.91. The summed E-state index contributed by atoms with van der Waals surface area (Å²) in [5.74, 6) is 0. The SMILES string of the molecule is CNC1NCCOC1(C)C. The molecule has 0 aromatic carbocycles. The number of hydrogen-bond donors (Lipinski definition) is 2. The van der Waals surface area contributed by atoms with Crippen LogP contribution in [0.5, 0.6) is 0 Å². The number of likely N-dealkylation sites (N-methyl/N-ethyl adjacent to an activating group) is 1. The predicted octanol–water partition coefficient (Wildman–Crippen LogP) is -0.0697. The maximum Gasteiger partial charge on any atom is 0.0910 e. The smallest absolute Gasteiger partial charge is 0.0910 e. The lowest BCUT2D eigenvalue weighted by Gasteiger charge is -2.38. The van der Waals surface area contributed by atoms with Gasteiger partial charge in [-0.05, 0) is 20.9 Å². The van der Waals surface area contributed by atoms with Gasteiger partial charge in [-0.25, -0.2) is 0 Å². The molecule has 0 aromatic rings. The molecule has 0 bridgehead atoms. The molecule has 2 N–H and O–H groups in total. The normalized spacial score (nSPS) is 32.1. The van der Waals surface area contributed by atoms with Crippen molar-refractivity contribution in [3.63, 3.8) is 0 Å². The second-order valence-corrected chi connectivity index (χ2v) is 3.13. The maximum atomic E-state index is 5.54. The molecule has 1 saturated heterocycles. The highest BCUT2D eigenvalue weighted by Gasteiger charge is 2.31. The van der Waals surface area contributed by atoms with Crippen LogP contribution in [0.2, 0.25) is 0 Å². The lowest BCUT2D eigenvalue weighted by Crippen LogP contribution is -2.60. The molecule has 0 saturated carbocycles. The van der Waals surface area contributed by atoms with Gasteiger partial charge >= 0.3 is 0 Å². The van der Waals surface area contributed by atoms with E-state index < -0.39 is 0 Å². The summed E-state index contributed by atoms with van der Waals surface area (Å²) in [7, 11) is 1.94. The minimum absolute atomic E-state index is 0.0764. The van der Waals surface area contributed by atoms with Crippen LogP contribution in [0.25, 0.3) is 0 Å². The minimum Gasteiger partial charge on any atom is -0.371 e. The molecule has 0 aliphatic carbocycles. The summed E-state index contributed by atoms with van der Waals surface area (Å²) in [5, 5.41) is 6.48. The molecule has 0 radical (unpaired) electrons. The van der Waals surface area contributed by atoms with Gasteiger partial charge < -0.3 is 10.1 Å². The number of ether oxygens (including phenoxy) is 1. The van der Waals surface area contributed by atoms with E-state index >= 15 is 0 Å². The quantitative estimate of drug-likeness (QED) is 0.540. The molecule has 1 aliphatic heterocycles. The third kappa shape index (κ3) is 1.48. The Bertz CT molecular complexity index is 114. The fourth-order valence-corrected chi connectivity index (χ4v) is 1.30. The van der Waals surface area contributed by atoms with Crippen molar-refractivity contribution < 1.29 is 4.74 Å². The van der Waals surface area contributed by atoms with Gasteiger partial charge in [-0.3, -0.25) is 5.32 Å². The van der Waals surface area contributed by atoms with Crippen LogP contribution in [0.3, 0.4) is 0 Å². The van der Waals surface area contributed by atoms with Crippen LogP contribution < -0.4 is 10.6 Å². The number of rotatable bonds is 1. The molecular weight excluding hydrogens is 128 g/mol. The Hall–Kier alpha value is -0.120. The monoisotopic (exact) mass is 144 g/mol. The Morgan fingerprint density at radius 3 is 2.70 bits per heavy atom. The predicted molar refractivity (Wildman–Crippen MR) is 40.9 cm³/mol. The zero-order chi connectivity index (χ0) is 7.61. The van der Waals surface area contributed by atoms with Crippen LogP contribution in [-0.2, 0) is 4.74 Å². The summed E-state index contributed by atoms with van der Waals surface area (Å²) in [6, 6.07) is 0. The van der Waals surface area contributed by atoms with E-state index in [0.717, 1.165) is 13.2 Å². The first-order valence-corrected chi connectivity index (χ1v) is 3.71. The van der Waals surface area contributed by atoms with Gasteiger partial charge in [0, 0.05) is 6.54 Å². The zero-order valence-electron chi connectivity index (χ0n) is 6.90. The zero-order valence-corrected chi connectivity index (χ0v) is 6.90. The van der Waals surface area contributed by atoms with E-state index in [-0.39, 0.29) is 11.8 Å². The van der Waals surface area contributed by atoms with Crippen molar-refractivity contribution in [1.82, 2.24) is 10.6 Å². The highest BCUT2D eigenvalue weighted by molar-refractivity contribution is 4.85. The molecule has 1 fully saturated rings. The van der Waals surface area contributed by atoms with E-state index in [2.05, 4.69) is 24.5 Å². The van der Waals surface area contributed by atoms with Gasteiger partial charge in [-0.1, -0.05) is 0 Å². The molecule has 1 heterocycles. The lowest BCUT2D eigenvalue weighted by atomic mass is 10.0. The summed E-state index contributed by atoms with van der Waals surface area (Å²) < 4.78 is 5.54. The van der Waals surface area contributed by atoms with Gasteiger partial charge in [0.05, 0.1) is 18.4 Å². The van der Waals surface area contributed by atoms with E-state index in [9.17, 15) is 0 Å². The summed E-state index contributed by atoms with van der Waals surface area (Å²) in [6.07, 6.45) is 0.279. The van der Waals surface area contributed by atoms with Crippen molar-refractivity contribution >= 4 is 0 Å². The molecule has 0 aromatic heterocycles.